The van der Waals surface area contributed by atoms with Gasteiger partial charge in [0.2, 0.25) is 0 Å². The molecular formula is C18H22N2O2. The van der Waals surface area contributed by atoms with Gasteiger partial charge >= 0.3 is 6.09 Å². The van der Waals surface area contributed by atoms with Gasteiger partial charge < -0.3 is 9.64 Å². The Morgan fingerprint density at radius 1 is 1.23 bits per heavy atom. The second kappa shape index (κ2) is 6.85. The Morgan fingerprint density at radius 3 is 2.50 bits per heavy atom. The first-order valence-electron chi connectivity index (χ1n) is 7.94. The lowest BCUT2D eigenvalue weighted by Crippen LogP contribution is -2.52. The zero-order chi connectivity index (χ0) is 15.4. The molecule has 0 spiro atoms. The fourth-order valence-electron chi connectivity index (χ4n) is 2.94. The summed E-state index contributed by atoms with van der Waals surface area (Å²) in [5.74, 6) is 3.58. The molecule has 0 aromatic heterocycles. The van der Waals surface area contributed by atoms with E-state index in [9.17, 15) is 4.79 Å². The van der Waals surface area contributed by atoms with Crippen LogP contribution in [0.15, 0.2) is 30.3 Å². The fourth-order valence-corrected chi connectivity index (χ4v) is 2.94. The van der Waals surface area contributed by atoms with Crippen molar-refractivity contribution in [3.63, 3.8) is 0 Å². The summed E-state index contributed by atoms with van der Waals surface area (Å²) in [7, 11) is 0. The molecule has 22 heavy (non-hydrogen) atoms. The zero-order valence-electron chi connectivity index (χ0n) is 12.8. The molecule has 3 rings (SSSR count). The summed E-state index contributed by atoms with van der Waals surface area (Å²) < 4.78 is 5.38. The first-order valence-corrected chi connectivity index (χ1v) is 7.94. The predicted octanol–water partition coefficient (Wildman–Crippen LogP) is 2.35. The lowest BCUT2D eigenvalue weighted by Gasteiger charge is -2.37. The number of hydrogen-bond donors (Lipinski definition) is 0. The van der Waals surface area contributed by atoms with E-state index in [0.717, 1.165) is 18.7 Å². The van der Waals surface area contributed by atoms with Gasteiger partial charge in [-0.15, -0.1) is 6.42 Å². The molecule has 0 N–H and O–H groups in total. The zero-order valence-corrected chi connectivity index (χ0v) is 12.8. The average Bonchev–Trinajstić information content (AvgIpc) is 3.40. The Morgan fingerprint density at radius 2 is 1.91 bits per heavy atom. The van der Waals surface area contributed by atoms with Crippen molar-refractivity contribution in [3.8, 4) is 12.3 Å². The minimum Gasteiger partial charge on any atom is -0.445 e. The summed E-state index contributed by atoms with van der Waals surface area (Å²) in [5.41, 5.74) is 1.01. The summed E-state index contributed by atoms with van der Waals surface area (Å²) in [6.45, 7) is 3.39. The molecule has 1 aliphatic carbocycles. The number of ether oxygens (including phenoxy) is 1. The van der Waals surface area contributed by atoms with E-state index in [1.807, 2.05) is 30.3 Å². The first-order chi connectivity index (χ1) is 10.8. The number of piperazine rings is 1. The normalized spacial score (nSPS) is 20.2. The van der Waals surface area contributed by atoms with Crippen molar-refractivity contribution in [2.45, 2.75) is 25.5 Å². The molecule has 4 nitrogen and oxygen atoms in total. The van der Waals surface area contributed by atoms with E-state index in [2.05, 4.69) is 10.8 Å². The van der Waals surface area contributed by atoms with Crippen molar-refractivity contribution >= 4 is 6.09 Å². The van der Waals surface area contributed by atoms with Gasteiger partial charge in [-0.05, 0) is 24.3 Å². The summed E-state index contributed by atoms with van der Waals surface area (Å²) in [6.07, 6.45) is 7.91. The van der Waals surface area contributed by atoms with Gasteiger partial charge in [0.15, 0.2) is 0 Å². The van der Waals surface area contributed by atoms with Crippen molar-refractivity contribution in [1.82, 2.24) is 9.80 Å². The summed E-state index contributed by atoms with van der Waals surface area (Å²) in [6, 6.07) is 10.0. The number of nitrogens with zero attached hydrogens (tertiary/aromatic N) is 2. The molecule has 1 aliphatic heterocycles. The lowest BCUT2D eigenvalue weighted by atomic mass is 10.1. The number of hydrogen-bond acceptors (Lipinski definition) is 3. The largest absolute Gasteiger partial charge is 0.445 e. The van der Waals surface area contributed by atoms with E-state index in [1.165, 1.54) is 12.8 Å². The van der Waals surface area contributed by atoms with Gasteiger partial charge in [0.25, 0.3) is 0 Å². The Hall–Kier alpha value is -1.99. The van der Waals surface area contributed by atoms with Crippen LogP contribution in [0.3, 0.4) is 0 Å². The van der Waals surface area contributed by atoms with Gasteiger partial charge in [-0.25, -0.2) is 4.79 Å². The molecule has 1 aromatic carbocycles. The number of terminal acetylenes is 1. The molecule has 1 atom stereocenters. The van der Waals surface area contributed by atoms with Crippen LogP contribution in [-0.2, 0) is 11.3 Å². The third-order valence-corrected chi connectivity index (χ3v) is 4.41. The van der Waals surface area contributed by atoms with Crippen molar-refractivity contribution in [1.29, 1.82) is 0 Å². The quantitative estimate of drug-likeness (QED) is 0.800. The van der Waals surface area contributed by atoms with Gasteiger partial charge in [0.05, 0.1) is 6.04 Å². The van der Waals surface area contributed by atoms with E-state index in [1.54, 1.807) is 4.90 Å². The Balaban J connectivity index is 1.44. The minimum absolute atomic E-state index is 0.229. The van der Waals surface area contributed by atoms with E-state index >= 15 is 0 Å². The van der Waals surface area contributed by atoms with Gasteiger partial charge in [-0.2, -0.15) is 0 Å². The van der Waals surface area contributed by atoms with E-state index < -0.39 is 0 Å². The van der Waals surface area contributed by atoms with Crippen molar-refractivity contribution in [2.24, 2.45) is 5.92 Å². The number of carbonyl (C=O) groups is 1. The van der Waals surface area contributed by atoms with Crippen molar-refractivity contribution in [2.75, 3.05) is 26.2 Å². The van der Waals surface area contributed by atoms with Crippen LogP contribution in [0, 0.1) is 18.3 Å². The van der Waals surface area contributed by atoms with Crippen LogP contribution in [0.5, 0.6) is 0 Å². The SMILES string of the molecule is C#CC(C1CC1)N1CCN(C(=O)OCc2ccccc2)CC1. The molecule has 116 valence electrons. The monoisotopic (exact) mass is 298 g/mol. The smallest absolute Gasteiger partial charge is 0.410 e. The van der Waals surface area contributed by atoms with Crippen LogP contribution in [0.4, 0.5) is 4.79 Å². The lowest BCUT2D eigenvalue weighted by molar-refractivity contribution is 0.0641. The highest BCUT2D eigenvalue weighted by atomic mass is 16.6. The highest BCUT2D eigenvalue weighted by Gasteiger charge is 2.36. The van der Waals surface area contributed by atoms with Crippen LogP contribution in [0.1, 0.15) is 18.4 Å². The topological polar surface area (TPSA) is 32.8 Å². The van der Waals surface area contributed by atoms with Crippen molar-refractivity contribution < 1.29 is 9.53 Å². The summed E-state index contributed by atoms with van der Waals surface area (Å²) in [4.78, 5) is 16.2. The number of amides is 1. The highest BCUT2D eigenvalue weighted by Crippen LogP contribution is 2.35. The van der Waals surface area contributed by atoms with Crippen molar-refractivity contribution in [3.05, 3.63) is 35.9 Å². The maximum Gasteiger partial charge on any atom is 0.410 e. The molecular weight excluding hydrogens is 276 g/mol. The fraction of sp³-hybridized carbons (Fsp3) is 0.500. The first kappa shape index (κ1) is 14.9. The molecule has 1 heterocycles. The summed E-state index contributed by atoms with van der Waals surface area (Å²) in [5, 5.41) is 0. The van der Waals surface area contributed by atoms with E-state index in [-0.39, 0.29) is 12.1 Å². The second-order valence-electron chi connectivity index (χ2n) is 6.01. The Kier molecular flexibility index (Phi) is 4.65. The van der Waals surface area contributed by atoms with Crippen LogP contribution >= 0.6 is 0 Å². The van der Waals surface area contributed by atoms with Crippen LogP contribution in [0.2, 0.25) is 0 Å². The molecule has 0 radical (unpaired) electrons. The summed E-state index contributed by atoms with van der Waals surface area (Å²) >= 11 is 0. The van der Waals surface area contributed by atoms with Crippen LogP contribution < -0.4 is 0 Å². The molecule has 4 heteroatoms. The number of benzene rings is 1. The van der Waals surface area contributed by atoms with Gasteiger partial charge in [-0.3, -0.25) is 4.90 Å². The number of carbonyl (C=O) groups excluding carboxylic acids is 1. The van der Waals surface area contributed by atoms with Gasteiger partial charge in [0.1, 0.15) is 6.61 Å². The molecule has 1 amide bonds. The Bertz CT molecular complexity index is 540. The standard InChI is InChI=1S/C18H22N2O2/c1-2-17(16-8-9-16)19-10-12-20(13-11-19)18(21)22-14-15-6-4-3-5-7-15/h1,3-7,16-17H,8-14H2. The van der Waals surface area contributed by atoms with E-state index in [4.69, 9.17) is 11.2 Å². The minimum atomic E-state index is -0.229. The predicted molar refractivity (Wildman–Crippen MR) is 85.1 cm³/mol. The maximum atomic E-state index is 12.1. The maximum absolute atomic E-state index is 12.1. The highest BCUT2D eigenvalue weighted by molar-refractivity contribution is 5.67. The molecule has 2 fully saturated rings. The average molecular weight is 298 g/mol. The second-order valence-corrected chi connectivity index (χ2v) is 6.01. The van der Waals surface area contributed by atoms with Gasteiger partial charge in [-0.1, -0.05) is 36.3 Å². The third kappa shape index (κ3) is 3.61. The Labute approximate surface area is 132 Å². The molecule has 1 saturated heterocycles. The number of rotatable bonds is 4. The molecule has 1 aromatic rings. The van der Waals surface area contributed by atoms with Crippen LogP contribution in [-0.4, -0.2) is 48.1 Å². The third-order valence-electron chi connectivity index (χ3n) is 4.41. The molecule has 2 aliphatic rings. The molecule has 1 unspecified atom stereocenters. The van der Waals surface area contributed by atoms with Gasteiger partial charge in [0, 0.05) is 26.2 Å². The molecule has 1 saturated carbocycles. The van der Waals surface area contributed by atoms with E-state index in [0.29, 0.717) is 25.6 Å². The molecule has 0 bridgehead atoms. The van der Waals surface area contributed by atoms with Crippen LogP contribution in [0.25, 0.3) is 0 Å².